The Balaban J connectivity index is 1.11. The Bertz CT molecular complexity index is 3190. The first-order valence-electron chi connectivity index (χ1n) is 17.4. The molecule has 5 nitrogen and oxygen atoms in total. The minimum atomic E-state index is 0.599. The molecule has 0 N–H and O–H groups in total. The Morgan fingerprint density at radius 1 is 0.308 bits per heavy atom. The summed E-state index contributed by atoms with van der Waals surface area (Å²) in [5, 5.41) is 8.85. The van der Waals surface area contributed by atoms with Gasteiger partial charge in [0.2, 0.25) is 0 Å². The van der Waals surface area contributed by atoms with Gasteiger partial charge < -0.3 is 8.83 Å². The first kappa shape index (κ1) is 28.7. The molecule has 0 bridgehead atoms. The van der Waals surface area contributed by atoms with E-state index in [0.717, 1.165) is 82.5 Å². The van der Waals surface area contributed by atoms with Crippen molar-refractivity contribution in [2.45, 2.75) is 0 Å². The van der Waals surface area contributed by atoms with Crippen LogP contribution in [0.25, 0.3) is 111 Å². The average molecular weight is 666 g/mol. The maximum atomic E-state index is 6.24. The lowest BCUT2D eigenvalue weighted by molar-refractivity contribution is 0.668. The SMILES string of the molecule is c1ccc(-c2nc(-c3ccc(-c4ccc5c(ccc6oc7ccccc7c65)c4)c4ccccc34)nc(-c3cccc4oc5ccccc5c34)n2)cc1. The van der Waals surface area contributed by atoms with Crippen LogP contribution >= 0.6 is 0 Å². The van der Waals surface area contributed by atoms with Crippen LogP contribution in [0.1, 0.15) is 0 Å². The van der Waals surface area contributed by atoms with Gasteiger partial charge in [-0.1, -0.05) is 127 Å². The summed E-state index contributed by atoms with van der Waals surface area (Å²) >= 11 is 0. The molecule has 0 aliphatic rings. The molecule has 0 fully saturated rings. The Morgan fingerprint density at radius 3 is 1.65 bits per heavy atom. The van der Waals surface area contributed by atoms with E-state index in [9.17, 15) is 0 Å². The lowest BCUT2D eigenvalue weighted by atomic mass is 9.92. The summed E-state index contributed by atoms with van der Waals surface area (Å²) in [6.45, 7) is 0. The first-order valence-corrected chi connectivity index (χ1v) is 17.4. The summed E-state index contributed by atoms with van der Waals surface area (Å²) in [7, 11) is 0. The molecule has 0 radical (unpaired) electrons. The summed E-state index contributed by atoms with van der Waals surface area (Å²) in [5.74, 6) is 1.83. The molecule has 11 rings (SSSR count). The molecule has 0 aliphatic heterocycles. The highest BCUT2D eigenvalue weighted by Crippen LogP contribution is 2.41. The van der Waals surface area contributed by atoms with Crippen LogP contribution < -0.4 is 0 Å². The minimum absolute atomic E-state index is 0.599. The zero-order valence-electron chi connectivity index (χ0n) is 27.7. The number of fused-ring (bicyclic) bond motifs is 9. The van der Waals surface area contributed by atoms with Gasteiger partial charge in [-0.25, -0.2) is 15.0 Å². The number of furan rings is 2. The van der Waals surface area contributed by atoms with Crippen molar-refractivity contribution in [2.75, 3.05) is 0 Å². The van der Waals surface area contributed by atoms with Crippen molar-refractivity contribution in [1.82, 2.24) is 15.0 Å². The lowest BCUT2D eigenvalue weighted by Gasteiger charge is -2.14. The van der Waals surface area contributed by atoms with E-state index in [2.05, 4.69) is 91.0 Å². The van der Waals surface area contributed by atoms with Gasteiger partial charge in [0.15, 0.2) is 17.5 Å². The van der Waals surface area contributed by atoms with E-state index in [-0.39, 0.29) is 0 Å². The molecule has 0 amide bonds. The van der Waals surface area contributed by atoms with Gasteiger partial charge in [-0.15, -0.1) is 0 Å². The fraction of sp³-hybridized carbons (Fsp3) is 0. The van der Waals surface area contributed by atoms with Crippen molar-refractivity contribution in [2.24, 2.45) is 0 Å². The van der Waals surface area contributed by atoms with Crippen molar-refractivity contribution < 1.29 is 8.83 Å². The van der Waals surface area contributed by atoms with Crippen LogP contribution in [0.3, 0.4) is 0 Å². The topological polar surface area (TPSA) is 65.0 Å². The van der Waals surface area contributed by atoms with Gasteiger partial charge >= 0.3 is 0 Å². The molecule has 0 aliphatic carbocycles. The Labute approximate surface area is 297 Å². The minimum Gasteiger partial charge on any atom is -0.456 e. The largest absolute Gasteiger partial charge is 0.456 e. The van der Waals surface area contributed by atoms with Gasteiger partial charge in [0.05, 0.1) is 0 Å². The van der Waals surface area contributed by atoms with Gasteiger partial charge in [0.1, 0.15) is 22.3 Å². The summed E-state index contributed by atoms with van der Waals surface area (Å²) < 4.78 is 12.4. The number of aromatic nitrogens is 3. The highest BCUT2D eigenvalue weighted by atomic mass is 16.3. The zero-order chi connectivity index (χ0) is 34.2. The van der Waals surface area contributed by atoms with Crippen LogP contribution in [-0.4, -0.2) is 15.0 Å². The van der Waals surface area contributed by atoms with Crippen LogP contribution in [0.15, 0.2) is 173 Å². The van der Waals surface area contributed by atoms with Crippen LogP contribution in [0, 0.1) is 0 Å². The van der Waals surface area contributed by atoms with E-state index in [1.54, 1.807) is 0 Å². The van der Waals surface area contributed by atoms with E-state index in [1.807, 2.05) is 72.8 Å². The van der Waals surface area contributed by atoms with Crippen molar-refractivity contribution in [3.63, 3.8) is 0 Å². The molecular weight excluding hydrogens is 639 g/mol. The van der Waals surface area contributed by atoms with Gasteiger partial charge in [-0.2, -0.15) is 0 Å². The monoisotopic (exact) mass is 665 g/mol. The third kappa shape index (κ3) is 4.39. The molecule has 0 atom stereocenters. The van der Waals surface area contributed by atoms with E-state index in [0.29, 0.717) is 17.5 Å². The van der Waals surface area contributed by atoms with Crippen molar-refractivity contribution in [3.05, 3.63) is 164 Å². The van der Waals surface area contributed by atoms with Gasteiger partial charge in [-0.3, -0.25) is 0 Å². The molecule has 0 unspecified atom stereocenters. The normalized spacial score (nSPS) is 11.8. The number of hydrogen-bond donors (Lipinski definition) is 0. The fourth-order valence-corrected chi connectivity index (χ4v) is 7.76. The summed E-state index contributed by atoms with van der Waals surface area (Å²) in [4.78, 5) is 15.4. The standard InChI is InChI=1S/C47H27N3O2/c1-2-11-28(12-3-1)45-48-46(50-47(49-45)38-17-10-20-41-44(38)37-16-7-9-19-40(37)51-41)35-25-24-31(33-13-4-5-14-34(33)35)29-21-23-32-30(27-29)22-26-42-43(32)36-15-6-8-18-39(36)52-42/h1-27H. The van der Waals surface area contributed by atoms with Crippen LogP contribution in [0.5, 0.6) is 0 Å². The molecule has 0 spiro atoms. The van der Waals surface area contributed by atoms with Gasteiger partial charge in [0, 0.05) is 38.2 Å². The van der Waals surface area contributed by atoms with E-state index >= 15 is 0 Å². The Morgan fingerprint density at radius 2 is 0.885 bits per heavy atom. The predicted octanol–water partition coefficient (Wildman–Crippen LogP) is 12.6. The fourth-order valence-electron chi connectivity index (χ4n) is 7.76. The second-order valence-corrected chi connectivity index (χ2v) is 13.1. The van der Waals surface area contributed by atoms with Crippen LogP contribution in [0.4, 0.5) is 0 Å². The number of rotatable bonds is 4. The van der Waals surface area contributed by atoms with E-state index in [1.165, 1.54) is 10.8 Å². The third-order valence-electron chi connectivity index (χ3n) is 10.1. The zero-order valence-corrected chi connectivity index (χ0v) is 27.7. The highest BCUT2D eigenvalue weighted by molar-refractivity contribution is 6.19. The second kappa shape index (κ2) is 11.2. The molecule has 5 heteroatoms. The van der Waals surface area contributed by atoms with Crippen LogP contribution in [-0.2, 0) is 0 Å². The number of nitrogens with zero attached hydrogens (tertiary/aromatic N) is 3. The predicted molar refractivity (Wildman–Crippen MR) is 211 cm³/mol. The molecular formula is C47H27N3O2. The summed E-state index contributed by atoms with van der Waals surface area (Å²) in [6, 6.07) is 56.3. The van der Waals surface area contributed by atoms with Crippen molar-refractivity contribution in [1.29, 1.82) is 0 Å². The maximum Gasteiger partial charge on any atom is 0.164 e. The molecule has 11 aromatic rings. The molecule has 242 valence electrons. The molecule has 3 aromatic heterocycles. The average Bonchev–Trinajstić information content (AvgIpc) is 3.79. The molecule has 0 saturated heterocycles. The van der Waals surface area contributed by atoms with Gasteiger partial charge in [0.25, 0.3) is 0 Å². The van der Waals surface area contributed by atoms with E-state index in [4.69, 9.17) is 23.8 Å². The van der Waals surface area contributed by atoms with E-state index < -0.39 is 0 Å². The number of para-hydroxylation sites is 2. The Hall–Kier alpha value is -7.11. The smallest absolute Gasteiger partial charge is 0.164 e. The molecule has 52 heavy (non-hydrogen) atoms. The van der Waals surface area contributed by atoms with Crippen LogP contribution in [0.2, 0.25) is 0 Å². The summed E-state index contributed by atoms with van der Waals surface area (Å²) in [6.07, 6.45) is 0. The Kier molecular flexibility index (Phi) is 6.18. The maximum absolute atomic E-state index is 6.24. The summed E-state index contributed by atoms with van der Waals surface area (Å²) in [5.41, 5.74) is 8.49. The molecule has 0 saturated carbocycles. The third-order valence-corrected chi connectivity index (χ3v) is 10.1. The highest BCUT2D eigenvalue weighted by Gasteiger charge is 2.20. The molecule has 3 heterocycles. The van der Waals surface area contributed by atoms with Gasteiger partial charge in [-0.05, 0) is 69.1 Å². The molecule has 8 aromatic carbocycles. The van der Waals surface area contributed by atoms with Crippen molar-refractivity contribution >= 4 is 65.4 Å². The quantitative estimate of drug-likeness (QED) is 0.187. The first-order chi connectivity index (χ1) is 25.8. The number of benzene rings is 8. The number of hydrogen-bond acceptors (Lipinski definition) is 5. The second-order valence-electron chi connectivity index (χ2n) is 13.1. The lowest BCUT2D eigenvalue weighted by Crippen LogP contribution is -2.01. The van der Waals surface area contributed by atoms with Crippen molar-refractivity contribution in [3.8, 4) is 45.3 Å².